The van der Waals surface area contributed by atoms with E-state index in [1.54, 1.807) is 0 Å². The van der Waals surface area contributed by atoms with E-state index in [4.69, 9.17) is 0 Å². The average Bonchev–Trinajstić information content (AvgIpc) is 2.33. The Morgan fingerprint density at radius 1 is 0.941 bits per heavy atom. The molecule has 0 N–H and O–H groups in total. The number of likely N-dealkylation sites (tertiary alicyclic amines) is 1. The zero-order chi connectivity index (χ0) is 12.5. The minimum Gasteiger partial charge on any atom is -0.303 e. The second-order valence-corrected chi connectivity index (χ2v) is 5.94. The number of rotatable bonds is 8. The zero-order valence-corrected chi connectivity index (χ0v) is 12.4. The zero-order valence-electron chi connectivity index (χ0n) is 12.4. The summed E-state index contributed by atoms with van der Waals surface area (Å²) >= 11 is 0. The molecule has 0 aliphatic carbocycles. The molecule has 0 amide bonds. The second-order valence-electron chi connectivity index (χ2n) is 5.94. The number of piperidine rings is 1. The van der Waals surface area contributed by atoms with Gasteiger partial charge in [-0.05, 0) is 45.2 Å². The number of unbranched alkanes of at least 4 members (excludes halogenated alkanes) is 4. The fourth-order valence-electron chi connectivity index (χ4n) is 3.37. The molecule has 0 aromatic rings. The highest BCUT2D eigenvalue weighted by Gasteiger charge is 2.27. The summed E-state index contributed by atoms with van der Waals surface area (Å²) in [5.41, 5.74) is 0. The van der Waals surface area contributed by atoms with Gasteiger partial charge in [0.05, 0.1) is 0 Å². The largest absolute Gasteiger partial charge is 0.303 e. The Balaban J connectivity index is 2.34. The quantitative estimate of drug-likeness (QED) is 0.547. The first-order chi connectivity index (χ1) is 8.29. The van der Waals surface area contributed by atoms with Crippen LogP contribution in [0.15, 0.2) is 0 Å². The maximum atomic E-state index is 2.65. The van der Waals surface area contributed by atoms with E-state index < -0.39 is 0 Å². The molecule has 0 aromatic heterocycles. The Hall–Kier alpha value is -0.0400. The lowest BCUT2D eigenvalue weighted by Gasteiger charge is -2.39. The van der Waals surface area contributed by atoms with E-state index >= 15 is 0 Å². The molecule has 1 aliphatic heterocycles. The third kappa shape index (κ3) is 5.42. The Morgan fingerprint density at radius 3 is 2.24 bits per heavy atom. The molecule has 1 heterocycles. The van der Waals surface area contributed by atoms with Gasteiger partial charge in [0.15, 0.2) is 0 Å². The lowest BCUT2D eigenvalue weighted by atomic mass is 9.83. The summed E-state index contributed by atoms with van der Waals surface area (Å²) in [5, 5.41) is 0. The number of nitrogens with zero attached hydrogens (tertiary/aromatic N) is 1. The van der Waals surface area contributed by atoms with Crippen molar-refractivity contribution in [2.75, 3.05) is 13.6 Å². The molecular weight excluding hydrogens is 206 g/mol. The molecule has 0 radical (unpaired) electrons. The topological polar surface area (TPSA) is 3.24 Å². The van der Waals surface area contributed by atoms with Crippen molar-refractivity contribution >= 4 is 0 Å². The van der Waals surface area contributed by atoms with Gasteiger partial charge in [0.2, 0.25) is 0 Å². The van der Waals surface area contributed by atoms with Crippen molar-refractivity contribution in [3.05, 3.63) is 0 Å². The van der Waals surface area contributed by atoms with E-state index in [9.17, 15) is 0 Å². The maximum absolute atomic E-state index is 2.65. The molecule has 17 heavy (non-hydrogen) atoms. The minimum absolute atomic E-state index is 0.896. The van der Waals surface area contributed by atoms with Gasteiger partial charge in [-0.1, -0.05) is 52.4 Å². The van der Waals surface area contributed by atoms with Crippen molar-refractivity contribution in [1.29, 1.82) is 0 Å². The molecular formula is C16H33N. The summed E-state index contributed by atoms with van der Waals surface area (Å²) in [5.74, 6) is 0.997. The molecule has 1 nitrogen and oxygen atoms in total. The summed E-state index contributed by atoms with van der Waals surface area (Å²) in [6, 6.07) is 0.896. The molecule has 1 aliphatic rings. The van der Waals surface area contributed by atoms with Crippen molar-refractivity contribution < 1.29 is 0 Å². The van der Waals surface area contributed by atoms with Gasteiger partial charge < -0.3 is 4.90 Å². The second kappa shape index (κ2) is 8.97. The summed E-state index contributed by atoms with van der Waals surface area (Å²) in [7, 11) is 2.35. The molecule has 1 heteroatoms. The van der Waals surface area contributed by atoms with Gasteiger partial charge in [-0.3, -0.25) is 0 Å². The van der Waals surface area contributed by atoms with E-state index in [-0.39, 0.29) is 0 Å². The van der Waals surface area contributed by atoms with Crippen LogP contribution in [0.5, 0.6) is 0 Å². The molecule has 2 unspecified atom stereocenters. The minimum atomic E-state index is 0.896. The highest BCUT2D eigenvalue weighted by Crippen LogP contribution is 2.30. The normalized spacial score (nSPS) is 26.3. The van der Waals surface area contributed by atoms with Crippen LogP contribution in [0.3, 0.4) is 0 Å². The standard InChI is InChI=1S/C16H33N/c1-4-6-8-11-15-12-10-14-17(3)16(15)13-9-7-5-2/h15-16H,4-14H2,1-3H3. The molecule has 0 spiro atoms. The molecule has 0 bridgehead atoms. The van der Waals surface area contributed by atoms with Crippen molar-refractivity contribution in [2.45, 2.75) is 84.1 Å². The van der Waals surface area contributed by atoms with Crippen LogP contribution in [0.4, 0.5) is 0 Å². The molecule has 0 aromatic carbocycles. The van der Waals surface area contributed by atoms with Crippen LogP contribution in [-0.2, 0) is 0 Å². The average molecular weight is 239 g/mol. The van der Waals surface area contributed by atoms with E-state index in [0.717, 1.165) is 12.0 Å². The van der Waals surface area contributed by atoms with Crippen molar-refractivity contribution in [3.63, 3.8) is 0 Å². The Bertz CT molecular complexity index is 178. The monoisotopic (exact) mass is 239 g/mol. The van der Waals surface area contributed by atoms with E-state index in [2.05, 4.69) is 25.8 Å². The van der Waals surface area contributed by atoms with Crippen molar-refractivity contribution in [2.24, 2.45) is 5.92 Å². The molecule has 2 atom stereocenters. The van der Waals surface area contributed by atoms with Crippen LogP contribution < -0.4 is 0 Å². The Morgan fingerprint density at radius 2 is 1.59 bits per heavy atom. The number of hydrogen-bond acceptors (Lipinski definition) is 1. The fraction of sp³-hybridized carbons (Fsp3) is 1.00. The first kappa shape index (κ1) is 15.0. The van der Waals surface area contributed by atoms with E-state index in [0.29, 0.717) is 0 Å². The highest BCUT2D eigenvalue weighted by atomic mass is 15.1. The summed E-state index contributed by atoms with van der Waals surface area (Å²) in [6.07, 6.45) is 14.3. The molecule has 1 fully saturated rings. The van der Waals surface area contributed by atoms with Gasteiger partial charge in [-0.15, -0.1) is 0 Å². The first-order valence-corrected chi connectivity index (χ1v) is 7.99. The van der Waals surface area contributed by atoms with E-state index in [1.165, 1.54) is 70.8 Å². The van der Waals surface area contributed by atoms with Crippen LogP contribution in [-0.4, -0.2) is 24.5 Å². The van der Waals surface area contributed by atoms with Crippen LogP contribution in [0.25, 0.3) is 0 Å². The third-order valence-corrected chi connectivity index (χ3v) is 4.48. The maximum Gasteiger partial charge on any atom is 0.0120 e. The lowest BCUT2D eigenvalue weighted by molar-refractivity contribution is 0.103. The smallest absolute Gasteiger partial charge is 0.0120 e. The fourth-order valence-corrected chi connectivity index (χ4v) is 3.37. The van der Waals surface area contributed by atoms with Gasteiger partial charge in [-0.25, -0.2) is 0 Å². The van der Waals surface area contributed by atoms with Crippen LogP contribution >= 0.6 is 0 Å². The molecule has 102 valence electrons. The van der Waals surface area contributed by atoms with Crippen molar-refractivity contribution in [3.8, 4) is 0 Å². The van der Waals surface area contributed by atoms with Crippen LogP contribution in [0, 0.1) is 5.92 Å². The number of hydrogen-bond donors (Lipinski definition) is 0. The van der Waals surface area contributed by atoms with Gasteiger partial charge in [0.1, 0.15) is 0 Å². The van der Waals surface area contributed by atoms with Gasteiger partial charge >= 0.3 is 0 Å². The summed E-state index contributed by atoms with van der Waals surface area (Å²) < 4.78 is 0. The van der Waals surface area contributed by atoms with E-state index in [1.807, 2.05) is 0 Å². The molecule has 0 saturated carbocycles. The first-order valence-electron chi connectivity index (χ1n) is 7.99. The Kier molecular flexibility index (Phi) is 7.92. The summed E-state index contributed by atoms with van der Waals surface area (Å²) in [6.45, 7) is 5.95. The van der Waals surface area contributed by atoms with Crippen LogP contribution in [0.2, 0.25) is 0 Å². The van der Waals surface area contributed by atoms with Gasteiger partial charge in [0.25, 0.3) is 0 Å². The Labute approximate surface area is 109 Å². The molecule has 1 saturated heterocycles. The van der Waals surface area contributed by atoms with Gasteiger partial charge in [0, 0.05) is 6.04 Å². The SMILES string of the molecule is CCCCCC1CCCN(C)C1CCCCC. The van der Waals surface area contributed by atoms with Crippen LogP contribution in [0.1, 0.15) is 78.1 Å². The summed E-state index contributed by atoms with van der Waals surface area (Å²) in [4.78, 5) is 2.65. The molecule has 1 rings (SSSR count). The predicted molar refractivity (Wildman–Crippen MR) is 77.4 cm³/mol. The van der Waals surface area contributed by atoms with Crippen molar-refractivity contribution in [1.82, 2.24) is 4.90 Å². The lowest BCUT2D eigenvalue weighted by Crippen LogP contribution is -2.42. The van der Waals surface area contributed by atoms with Gasteiger partial charge in [-0.2, -0.15) is 0 Å². The predicted octanol–water partition coefficient (Wildman–Crippen LogP) is 4.86. The third-order valence-electron chi connectivity index (χ3n) is 4.48. The highest BCUT2D eigenvalue weighted by molar-refractivity contribution is 4.82.